The summed E-state index contributed by atoms with van der Waals surface area (Å²) >= 11 is 0. The number of hydrogen-bond acceptors (Lipinski definition) is 4. The second-order valence-corrected chi connectivity index (χ2v) is 17.8. The maximum absolute atomic E-state index is 14.6. The lowest BCUT2D eigenvalue weighted by molar-refractivity contribution is 0.483. The van der Waals surface area contributed by atoms with Gasteiger partial charge in [0.05, 0.1) is 22.4 Å². The van der Waals surface area contributed by atoms with Crippen molar-refractivity contribution in [2.24, 2.45) is 0 Å². The summed E-state index contributed by atoms with van der Waals surface area (Å²) in [6.07, 6.45) is 1.83. The summed E-state index contributed by atoms with van der Waals surface area (Å²) in [5, 5.41) is 2.28. The van der Waals surface area contributed by atoms with Crippen LogP contribution in [-0.4, -0.2) is 16.2 Å². The molecule has 0 fully saturated rings. The molecule has 7 aromatic carbocycles. The summed E-state index contributed by atoms with van der Waals surface area (Å²) in [6.45, 7) is 13.7. The van der Waals surface area contributed by atoms with Crippen LogP contribution in [0.3, 0.4) is 0 Å². The first kappa shape index (κ1) is 40.8. The van der Waals surface area contributed by atoms with Crippen LogP contribution in [0.1, 0.15) is 76.0 Å². The first-order valence-corrected chi connectivity index (χ1v) is 22.2. The number of hydrogen-bond donors (Lipinski definition) is 0. The van der Waals surface area contributed by atoms with E-state index in [1.165, 1.54) is 17.7 Å². The average Bonchev–Trinajstić information content (AvgIpc) is 3.84. The number of anilines is 4. The Morgan fingerprint density at radius 1 is 0.500 bits per heavy atom. The molecule has 0 saturated carbocycles. The second-order valence-electron chi connectivity index (χ2n) is 17.8. The molecule has 1 aliphatic rings. The van der Waals surface area contributed by atoms with Gasteiger partial charge in [0.25, 0.3) is 0 Å². The van der Waals surface area contributed by atoms with Crippen molar-refractivity contribution < 1.29 is 13.5 Å². The number of pyridine rings is 1. The molecule has 7 heteroatoms. The van der Waals surface area contributed by atoms with Crippen molar-refractivity contribution in [2.75, 3.05) is 16.5 Å². The van der Waals surface area contributed by atoms with E-state index < -0.39 is 11.6 Å². The molecule has 0 unspecified atom stereocenters. The van der Waals surface area contributed by atoms with E-state index in [-0.39, 0.29) is 11.8 Å². The van der Waals surface area contributed by atoms with Crippen LogP contribution in [0, 0.1) is 11.6 Å². The molecule has 5 nitrogen and oxygen atoms in total. The standard InChI is InChI=1S/C57H50F2N4O/c1-35(2)38-14-13-15-39(24-38)41-27-45(32-47(28-41)64-46-21-22-49-48-16-7-8-17-52(48)63(55(49)33-46)56-20-11-12-23-60-56)61-34-62(54-19-10-9-18-53(54)61)57-50(36(3)4)29-42(30-51(57)37(5)6)40-25-43(58)31-44(59)26-40/h7-33,35-37H,34H2,1-6H3. The van der Waals surface area contributed by atoms with Crippen molar-refractivity contribution in [3.05, 3.63) is 192 Å². The molecular weight excluding hydrogens is 795 g/mol. The fourth-order valence-electron chi connectivity index (χ4n) is 9.31. The predicted octanol–water partition coefficient (Wildman–Crippen LogP) is 16.2. The minimum atomic E-state index is -0.588. The van der Waals surface area contributed by atoms with Crippen molar-refractivity contribution in [3.8, 4) is 39.6 Å². The number of rotatable bonds is 10. The van der Waals surface area contributed by atoms with Crippen LogP contribution in [0.5, 0.6) is 11.5 Å². The van der Waals surface area contributed by atoms with Gasteiger partial charge >= 0.3 is 0 Å². The van der Waals surface area contributed by atoms with E-state index in [4.69, 9.17) is 9.72 Å². The number of benzene rings is 7. The highest BCUT2D eigenvalue weighted by Gasteiger charge is 2.33. The fourth-order valence-corrected chi connectivity index (χ4v) is 9.31. The Balaban J connectivity index is 1.11. The molecule has 0 saturated heterocycles. The zero-order valence-corrected chi connectivity index (χ0v) is 37.0. The lowest BCUT2D eigenvalue weighted by atomic mass is 9.87. The third kappa shape index (κ3) is 7.45. The average molecular weight is 845 g/mol. The maximum atomic E-state index is 14.6. The van der Waals surface area contributed by atoms with Gasteiger partial charge in [0.15, 0.2) is 0 Å². The third-order valence-corrected chi connectivity index (χ3v) is 12.5. The van der Waals surface area contributed by atoms with Gasteiger partial charge < -0.3 is 14.5 Å². The maximum Gasteiger partial charge on any atom is 0.137 e. The van der Waals surface area contributed by atoms with Crippen LogP contribution in [0.4, 0.5) is 31.5 Å². The zero-order chi connectivity index (χ0) is 44.2. The first-order chi connectivity index (χ1) is 31.0. The second kappa shape index (κ2) is 16.5. The van der Waals surface area contributed by atoms with E-state index in [1.54, 1.807) is 0 Å². The number of fused-ring (bicyclic) bond motifs is 4. The molecule has 64 heavy (non-hydrogen) atoms. The quantitative estimate of drug-likeness (QED) is 0.137. The molecule has 3 heterocycles. The molecule has 0 bridgehead atoms. The van der Waals surface area contributed by atoms with Crippen LogP contribution in [0.25, 0.3) is 49.9 Å². The van der Waals surface area contributed by atoms with Gasteiger partial charge in [0, 0.05) is 46.5 Å². The molecule has 2 aromatic heterocycles. The molecule has 0 N–H and O–H groups in total. The molecule has 10 rings (SSSR count). The van der Waals surface area contributed by atoms with Gasteiger partial charge in [-0.3, -0.25) is 4.57 Å². The van der Waals surface area contributed by atoms with E-state index in [0.717, 1.165) is 95.8 Å². The van der Waals surface area contributed by atoms with Gasteiger partial charge in [-0.2, -0.15) is 0 Å². The lowest BCUT2D eigenvalue weighted by Gasteiger charge is -2.30. The Morgan fingerprint density at radius 2 is 1.16 bits per heavy atom. The van der Waals surface area contributed by atoms with Gasteiger partial charge in [-0.25, -0.2) is 13.8 Å². The summed E-state index contributed by atoms with van der Waals surface area (Å²) in [7, 11) is 0. The number of nitrogens with zero attached hydrogens (tertiary/aromatic N) is 4. The summed E-state index contributed by atoms with van der Waals surface area (Å²) in [6, 6.07) is 52.6. The highest BCUT2D eigenvalue weighted by atomic mass is 19.1. The van der Waals surface area contributed by atoms with Crippen molar-refractivity contribution in [3.63, 3.8) is 0 Å². The minimum absolute atomic E-state index is 0.123. The van der Waals surface area contributed by atoms with Gasteiger partial charge in [0.1, 0.15) is 35.6 Å². The molecule has 0 radical (unpaired) electrons. The normalized spacial score (nSPS) is 12.7. The number of ether oxygens (including phenoxy) is 1. The van der Waals surface area contributed by atoms with E-state index in [2.05, 4.69) is 177 Å². The Bertz CT molecular complexity index is 3160. The van der Waals surface area contributed by atoms with Gasteiger partial charge in [-0.15, -0.1) is 0 Å². The predicted molar refractivity (Wildman–Crippen MR) is 260 cm³/mol. The highest BCUT2D eigenvalue weighted by Crippen LogP contribution is 2.50. The summed E-state index contributed by atoms with van der Waals surface area (Å²) in [5.74, 6) is 1.72. The smallest absolute Gasteiger partial charge is 0.137 e. The Hall–Kier alpha value is -7.25. The summed E-state index contributed by atoms with van der Waals surface area (Å²) in [5.41, 5.74) is 13.3. The first-order valence-electron chi connectivity index (χ1n) is 22.2. The summed E-state index contributed by atoms with van der Waals surface area (Å²) < 4.78 is 38.3. The van der Waals surface area contributed by atoms with E-state index >= 15 is 0 Å². The molecular formula is C57H50F2N4O. The number of para-hydroxylation sites is 3. The Labute approximate surface area is 373 Å². The van der Waals surface area contributed by atoms with Crippen molar-refractivity contribution >= 4 is 44.6 Å². The number of aromatic nitrogens is 2. The van der Waals surface area contributed by atoms with Gasteiger partial charge in [0.2, 0.25) is 0 Å². The zero-order valence-electron chi connectivity index (χ0n) is 37.0. The van der Waals surface area contributed by atoms with Gasteiger partial charge in [-0.05, 0) is 136 Å². The van der Waals surface area contributed by atoms with E-state index in [1.807, 2.05) is 24.4 Å². The Kier molecular flexibility index (Phi) is 10.5. The van der Waals surface area contributed by atoms with Crippen LogP contribution in [-0.2, 0) is 0 Å². The topological polar surface area (TPSA) is 33.5 Å². The van der Waals surface area contributed by atoms with Crippen LogP contribution in [0.15, 0.2) is 164 Å². The Morgan fingerprint density at radius 3 is 1.86 bits per heavy atom. The van der Waals surface area contributed by atoms with Crippen molar-refractivity contribution in [2.45, 2.75) is 59.3 Å². The van der Waals surface area contributed by atoms with Crippen LogP contribution >= 0.6 is 0 Å². The molecule has 0 amide bonds. The monoisotopic (exact) mass is 844 g/mol. The van der Waals surface area contributed by atoms with Crippen molar-refractivity contribution in [1.82, 2.24) is 9.55 Å². The fraction of sp³-hybridized carbons (Fsp3) is 0.175. The molecule has 0 spiro atoms. The van der Waals surface area contributed by atoms with E-state index in [9.17, 15) is 8.78 Å². The van der Waals surface area contributed by atoms with Crippen molar-refractivity contribution in [1.29, 1.82) is 0 Å². The summed E-state index contributed by atoms with van der Waals surface area (Å²) in [4.78, 5) is 9.52. The third-order valence-electron chi connectivity index (χ3n) is 12.5. The number of halogens is 2. The van der Waals surface area contributed by atoms with Crippen LogP contribution in [0.2, 0.25) is 0 Å². The van der Waals surface area contributed by atoms with Crippen LogP contribution < -0.4 is 14.5 Å². The lowest BCUT2D eigenvalue weighted by Crippen LogP contribution is -2.26. The largest absolute Gasteiger partial charge is 0.457 e. The van der Waals surface area contributed by atoms with E-state index in [0.29, 0.717) is 18.2 Å². The molecule has 1 aliphatic heterocycles. The minimum Gasteiger partial charge on any atom is -0.457 e. The molecule has 0 atom stereocenters. The molecule has 9 aromatic rings. The molecule has 0 aliphatic carbocycles. The molecule has 318 valence electrons. The highest BCUT2D eigenvalue weighted by molar-refractivity contribution is 6.09. The SMILES string of the molecule is CC(C)c1cccc(-c2cc(Oc3ccc4c5ccccc5n(-c5ccccn5)c4c3)cc(N3CN(c4c(C(C)C)cc(-c5cc(F)cc(F)c5)cc4C(C)C)c4ccccc43)c2)c1. The van der Waals surface area contributed by atoms with Gasteiger partial charge in [-0.1, -0.05) is 102 Å².